The molecule has 0 aliphatic rings. The molecule has 35 heavy (non-hydrogen) atoms. The zero-order valence-electron chi connectivity index (χ0n) is 17.5. The van der Waals surface area contributed by atoms with E-state index in [1.54, 1.807) is 5.32 Å². The molecular formula is C21H17ClF5N5O3. The summed E-state index contributed by atoms with van der Waals surface area (Å²) in [6, 6.07) is 8.09. The first-order valence-corrected chi connectivity index (χ1v) is 10.1. The Morgan fingerprint density at radius 3 is 2.20 bits per heavy atom. The van der Waals surface area contributed by atoms with Gasteiger partial charge < -0.3 is 21.5 Å². The van der Waals surface area contributed by atoms with Crippen LogP contribution in [0.2, 0.25) is 5.02 Å². The number of alkyl halides is 3. The summed E-state index contributed by atoms with van der Waals surface area (Å²) < 4.78 is 68.8. The largest absolute Gasteiger partial charge is 0.420 e. The van der Waals surface area contributed by atoms with Crippen molar-refractivity contribution in [1.82, 2.24) is 20.4 Å². The van der Waals surface area contributed by atoms with Gasteiger partial charge in [0.2, 0.25) is 0 Å². The monoisotopic (exact) mass is 517 g/mol. The van der Waals surface area contributed by atoms with Gasteiger partial charge in [-0.15, -0.1) is 0 Å². The Labute approximate surface area is 199 Å². The van der Waals surface area contributed by atoms with Crippen LogP contribution in [0, 0.1) is 11.6 Å². The lowest BCUT2D eigenvalue weighted by Gasteiger charge is -2.30. The standard InChI is InChI=1S/C21H17ClF5N5O3/c22-14-2-1-3-15(24)16(14)19(34)30-10-20(35,21(25,26)27)9-29-18(33)13-8-31-32(17(13)28)12-6-4-11(23)5-7-12/h1-8,35H,9-10,28H2,(H,29,33)(H,30,34)/t20-/m1/s1. The van der Waals surface area contributed by atoms with Crippen molar-refractivity contribution >= 4 is 29.2 Å². The van der Waals surface area contributed by atoms with E-state index in [2.05, 4.69) is 5.10 Å². The highest BCUT2D eigenvalue weighted by atomic mass is 35.5. The van der Waals surface area contributed by atoms with E-state index in [0.29, 0.717) is 0 Å². The summed E-state index contributed by atoms with van der Waals surface area (Å²) in [4.78, 5) is 24.6. The molecule has 1 aromatic heterocycles. The summed E-state index contributed by atoms with van der Waals surface area (Å²) in [6.45, 7) is -2.81. The van der Waals surface area contributed by atoms with Crippen LogP contribution in [0.3, 0.4) is 0 Å². The van der Waals surface area contributed by atoms with Gasteiger partial charge in [0.1, 0.15) is 23.0 Å². The van der Waals surface area contributed by atoms with Crippen molar-refractivity contribution in [3.05, 3.63) is 76.4 Å². The van der Waals surface area contributed by atoms with Gasteiger partial charge in [-0.25, -0.2) is 13.5 Å². The van der Waals surface area contributed by atoms with Crippen molar-refractivity contribution in [3.63, 3.8) is 0 Å². The normalized spacial score (nSPS) is 13.2. The highest BCUT2D eigenvalue weighted by Crippen LogP contribution is 2.30. The fourth-order valence-corrected chi connectivity index (χ4v) is 3.18. The van der Waals surface area contributed by atoms with E-state index in [4.69, 9.17) is 17.3 Å². The van der Waals surface area contributed by atoms with Gasteiger partial charge in [-0.2, -0.15) is 18.3 Å². The minimum atomic E-state index is -5.31. The van der Waals surface area contributed by atoms with E-state index in [1.165, 1.54) is 18.2 Å². The SMILES string of the molecule is Nc1c(C(=O)NC[C@@](O)(CNC(=O)c2c(F)cccc2Cl)C(F)(F)F)cnn1-c1ccc(F)cc1. The molecule has 2 amide bonds. The molecule has 3 aromatic rings. The van der Waals surface area contributed by atoms with E-state index >= 15 is 0 Å². The number of halogens is 6. The quantitative estimate of drug-likeness (QED) is 0.359. The molecule has 0 bridgehead atoms. The Balaban J connectivity index is 1.73. The van der Waals surface area contributed by atoms with Gasteiger partial charge >= 0.3 is 6.18 Å². The number of hydrogen-bond donors (Lipinski definition) is 4. The van der Waals surface area contributed by atoms with Gasteiger partial charge in [-0.3, -0.25) is 9.59 Å². The van der Waals surface area contributed by atoms with Gasteiger partial charge in [0.25, 0.3) is 11.8 Å². The molecule has 14 heteroatoms. The second-order valence-corrected chi connectivity index (χ2v) is 7.73. The van der Waals surface area contributed by atoms with Crippen molar-refractivity contribution in [3.8, 4) is 5.69 Å². The van der Waals surface area contributed by atoms with E-state index in [0.717, 1.165) is 35.1 Å². The molecule has 8 nitrogen and oxygen atoms in total. The first-order chi connectivity index (χ1) is 16.3. The minimum Gasteiger partial charge on any atom is -0.383 e. The molecule has 0 saturated heterocycles. The van der Waals surface area contributed by atoms with Crippen LogP contribution < -0.4 is 16.4 Å². The molecule has 1 heterocycles. The predicted octanol–water partition coefficient (Wildman–Crippen LogP) is 2.84. The molecule has 0 unspecified atom stereocenters. The van der Waals surface area contributed by atoms with Crippen LogP contribution in [0.5, 0.6) is 0 Å². The second kappa shape index (κ2) is 9.88. The van der Waals surface area contributed by atoms with Crippen LogP contribution in [-0.2, 0) is 0 Å². The summed E-state index contributed by atoms with van der Waals surface area (Å²) >= 11 is 5.72. The van der Waals surface area contributed by atoms with Crippen LogP contribution in [0.4, 0.5) is 27.8 Å². The first kappa shape index (κ1) is 25.9. The zero-order chi connectivity index (χ0) is 26.0. The van der Waals surface area contributed by atoms with Gasteiger partial charge in [-0.1, -0.05) is 17.7 Å². The topological polar surface area (TPSA) is 122 Å². The van der Waals surface area contributed by atoms with Crippen molar-refractivity contribution < 1.29 is 36.6 Å². The predicted molar refractivity (Wildman–Crippen MR) is 115 cm³/mol. The van der Waals surface area contributed by atoms with Crippen molar-refractivity contribution in [2.24, 2.45) is 0 Å². The highest BCUT2D eigenvalue weighted by molar-refractivity contribution is 6.33. The summed E-state index contributed by atoms with van der Waals surface area (Å²) in [7, 11) is 0. The van der Waals surface area contributed by atoms with E-state index in [9.17, 15) is 36.6 Å². The number of nitrogen functional groups attached to an aromatic ring is 1. The molecule has 5 N–H and O–H groups in total. The van der Waals surface area contributed by atoms with Crippen molar-refractivity contribution in [2.45, 2.75) is 11.8 Å². The number of nitrogens with zero attached hydrogens (tertiary/aromatic N) is 2. The third-order valence-electron chi connectivity index (χ3n) is 4.92. The molecule has 0 fully saturated rings. The lowest BCUT2D eigenvalue weighted by atomic mass is 10.0. The highest BCUT2D eigenvalue weighted by Gasteiger charge is 2.54. The number of anilines is 1. The third kappa shape index (κ3) is 5.52. The number of rotatable bonds is 7. The van der Waals surface area contributed by atoms with Crippen molar-refractivity contribution in [2.75, 3.05) is 18.8 Å². The minimum absolute atomic E-state index is 0.257. The van der Waals surface area contributed by atoms with Gasteiger partial charge in [0.05, 0.1) is 35.6 Å². The van der Waals surface area contributed by atoms with Gasteiger partial charge in [0.15, 0.2) is 5.60 Å². The summed E-state index contributed by atoms with van der Waals surface area (Å²) in [5, 5.41) is 17.4. The molecule has 0 radical (unpaired) electrons. The van der Waals surface area contributed by atoms with E-state index in [-0.39, 0.29) is 22.1 Å². The Morgan fingerprint density at radius 1 is 1.03 bits per heavy atom. The second-order valence-electron chi connectivity index (χ2n) is 7.32. The van der Waals surface area contributed by atoms with Crippen molar-refractivity contribution in [1.29, 1.82) is 0 Å². The molecule has 3 rings (SSSR count). The molecule has 1 atom stereocenters. The maximum absolute atomic E-state index is 13.9. The lowest BCUT2D eigenvalue weighted by molar-refractivity contribution is -0.254. The number of nitrogens with one attached hydrogen (secondary N) is 2. The summed E-state index contributed by atoms with van der Waals surface area (Å²) in [5.74, 6) is -4.28. The van der Waals surface area contributed by atoms with Crippen LogP contribution >= 0.6 is 11.6 Å². The number of carbonyl (C=O) groups excluding carboxylic acids is 2. The van der Waals surface area contributed by atoms with Crippen LogP contribution in [0.15, 0.2) is 48.7 Å². The Morgan fingerprint density at radius 2 is 1.63 bits per heavy atom. The first-order valence-electron chi connectivity index (χ1n) is 9.73. The molecule has 2 aromatic carbocycles. The molecule has 0 spiro atoms. The lowest BCUT2D eigenvalue weighted by Crippen LogP contribution is -2.59. The van der Waals surface area contributed by atoms with Crippen LogP contribution in [-0.4, -0.2) is 51.6 Å². The number of aromatic nitrogens is 2. The number of aliphatic hydroxyl groups is 1. The number of benzene rings is 2. The van der Waals surface area contributed by atoms with E-state index in [1.807, 2.05) is 5.32 Å². The molecule has 0 saturated carbocycles. The van der Waals surface area contributed by atoms with E-state index < -0.39 is 53.9 Å². The molecular weight excluding hydrogens is 501 g/mol. The fraction of sp³-hybridized carbons (Fsp3) is 0.190. The number of carbonyl (C=O) groups is 2. The third-order valence-corrected chi connectivity index (χ3v) is 5.24. The molecule has 0 aliphatic heterocycles. The smallest absolute Gasteiger partial charge is 0.383 e. The summed E-state index contributed by atoms with van der Waals surface area (Å²) in [5.41, 5.74) is 1.48. The zero-order valence-corrected chi connectivity index (χ0v) is 18.3. The molecule has 0 aliphatic carbocycles. The fourth-order valence-electron chi connectivity index (χ4n) is 2.94. The Kier molecular flexibility index (Phi) is 7.31. The average Bonchev–Trinajstić information content (AvgIpc) is 3.17. The van der Waals surface area contributed by atoms with Gasteiger partial charge in [0, 0.05) is 0 Å². The Bertz CT molecular complexity index is 1230. The summed E-state index contributed by atoms with van der Waals surface area (Å²) in [6.07, 6.45) is -4.33. The number of amides is 2. The maximum Gasteiger partial charge on any atom is 0.420 e. The van der Waals surface area contributed by atoms with Crippen LogP contribution in [0.25, 0.3) is 5.69 Å². The number of nitrogens with two attached hydrogens (primary N) is 1. The molecule has 186 valence electrons. The Hall–Kier alpha value is -3.71. The van der Waals surface area contributed by atoms with Crippen LogP contribution in [0.1, 0.15) is 20.7 Å². The van der Waals surface area contributed by atoms with Gasteiger partial charge in [-0.05, 0) is 36.4 Å². The number of hydrogen-bond acceptors (Lipinski definition) is 5. The maximum atomic E-state index is 13.9. The average molecular weight is 518 g/mol.